The first-order valence-electron chi connectivity index (χ1n) is 9.88. The number of benzene rings is 2. The van der Waals surface area contributed by atoms with E-state index in [0.29, 0.717) is 24.9 Å². The van der Waals surface area contributed by atoms with E-state index in [0.717, 1.165) is 28.3 Å². The molecule has 0 fully saturated rings. The summed E-state index contributed by atoms with van der Waals surface area (Å²) in [5.41, 5.74) is 3.82. The zero-order chi connectivity index (χ0) is 20.6. The molecule has 0 saturated carbocycles. The molecule has 0 aliphatic heterocycles. The van der Waals surface area contributed by atoms with E-state index in [9.17, 15) is 0 Å². The van der Waals surface area contributed by atoms with Crippen molar-refractivity contribution in [3.8, 4) is 17.0 Å². The van der Waals surface area contributed by atoms with Gasteiger partial charge in [-0.15, -0.1) is 0 Å². The van der Waals surface area contributed by atoms with Crippen molar-refractivity contribution in [3.63, 3.8) is 0 Å². The van der Waals surface area contributed by atoms with Gasteiger partial charge in [-0.05, 0) is 36.8 Å². The highest BCUT2D eigenvalue weighted by Gasteiger charge is 2.09. The molecule has 0 aliphatic carbocycles. The number of ether oxygens (including phenoxy) is 1. The first kappa shape index (κ1) is 19.4. The SMILES string of the molecule is CCOc1ccccc1Nc1cc(-c2ccccc2)nc(NCc2ccncc2)n1. The summed E-state index contributed by atoms with van der Waals surface area (Å²) in [6, 6.07) is 23.8. The molecule has 2 heterocycles. The maximum atomic E-state index is 5.73. The number of anilines is 3. The average molecular weight is 397 g/mol. The summed E-state index contributed by atoms with van der Waals surface area (Å²) in [6.07, 6.45) is 3.55. The van der Waals surface area contributed by atoms with E-state index in [1.807, 2.05) is 79.7 Å². The standard InChI is InChI=1S/C24H23N5O/c1-2-30-22-11-7-6-10-20(22)27-23-16-21(19-8-4-3-5-9-19)28-24(29-23)26-17-18-12-14-25-15-13-18/h3-16H,2,17H2,1H3,(H2,26,27,28,29). The van der Waals surface area contributed by atoms with Crippen LogP contribution >= 0.6 is 0 Å². The van der Waals surface area contributed by atoms with Crippen LogP contribution in [0.3, 0.4) is 0 Å². The van der Waals surface area contributed by atoms with Crippen molar-refractivity contribution < 1.29 is 4.74 Å². The Morgan fingerprint density at radius 2 is 1.63 bits per heavy atom. The van der Waals surface area contributed by atoms with Crippen molar-refractivity contribution in [1.82, 2.24) is 15.0 Å². The number of hydrogen-bond donors (Lipinski definition) is 2. The minimum Gasteiger partial charge on any atom is -0.492 e. The molecular weight excluding hydrogens is 374 g/mol. The van der Waals surface area contributed by atoms with Crippen molar-refractivity contribution >= 4 is 17.5 Å². The summed E-state index contributed by atoms with van der Waals surface area (Å²) in [5, 5.41) is 6.70. The zero-order valence-electron chi connectivity index (χ0n) is 16.7. The van der Waals surface area contributed by atoms with E-state index in [1.165, 1.54) is 0 Å². The van der Waals surface area contributed by atoms with Crippen LogP contribution < -0.4 is 15.4 Å². The Bertz CT molecular complexity index is 1090. The first-order chi connectivity index (χ1) is 14.8. The van der Waals surface area contributed by atoms with Gasteiger partial charge in [-0.3, -0.25) is 4.98 Å². The van der Waals surface area contributed by atoms with Crippen LogP contribution in [0.2, 0.25) is 0 Å². The summed E-state index contributed by atoms with van der Waals surface area (Å²) >= 11 is 0. The molecular formula is C24H23N5O. The Labute approximate surface area is 176 Å². The molecule has 150 valence electrons. The Morgan fingerprint density at radius 3 is 2.43 bits per heavy atom. The van der Waals surface area contributed by atoms with Gasteiger partial charge in [-0.1, -0.05) is 42.5 Å². The number of hydrogen-bond acceptors (Lipinski definition) is 6. The second kappa shape index (κ2) is 9.52. The fourth-order valence-corrected chi connectivity index (χ4v) is 3.02. The van der Waals surface area contributed by atoms with Crippen LogP contribution in [0.1, 0.15) is 12.5 Å². The second-order valence-electron chi connectivity index (χ2n) is 6.59. The van der Waals surface area contributed by atoms with Crippen LogP contribution in [0.4, 0.5) is 17.5 Å². The predicted molar refractivity (Wildman–Crippen MR) is 120 cm³/mol. The molecule has 4 aromatic rings. The van der Waals surface area contributed by atoms with Gasteiger partial charge in [0.05, 0.1) is 18.0 Å². The van der Waals surface area contributed by atoms with Crippen LogP contribution in [0.25, 0.3) is 11.3 Å². The third-order valence-electron chi connectivity index (χ3n) is 4.45. The number of aromatic nitrogens is 3. The normalized spacial score (nSPS) is 10.4. The number of nitrogens with one attached hydrogen (secondary N) is 2. The summed E-state index contributed by atoms with van der Waals surface area (Å²) in [5.74, 6) is 2.02. The van der Waals surface area contributed by atoms with Gasteiger partial charge < -0.3 is 15.4 Å². The molecule has 2 N–H and O–H groups in total. The van der Waals surface area contributed by atoms with Crippen LogP contribution in [0, 0.1) is 0 Å². The largest absolute Gasteiger partial charge is 0.492 e. The predicted octanol–water partition coefficient (Wildman–Crippen LogP) is 5.29. The lowest BCUT2D eigenvalue weighted by Crippen LogP contribution is -2.07. The van der Waals surface area contributed by atoms with E-state index >= 15 is 0 Å². The minimum atomic E-state index is 0.546. The van der Waals surface area contributed by atoms with E-state index < -0.39 is 0 Å². The van der Waals surface area contributed by atoms with Crippen molar-refractivity contribution in [2.24, 2.45) is 0 Å². The number of pyridine rings is 1. The fourth-order valence-electron chi connectivity index (χ4n) is 3.02. The molecule has 0 atom stereocenters. The van der Waals surface area contributed by atoms with Crippen molar-refractivity contribution in [2.45, 2.75) is 13.5 Å². The lowest BCUT2D eigenvalue weighted by molar-refractivity contribution is 0.342. The molecule has 4 rings (SSSR count). The molecule has 2 aromatic heterocycles. The first-order valence-corrected chi connectivity index (χ1v) is 9.88. The van der Waals surface area contributed by atoms with Gasteiger partial charge in [-0.2, -0.15) is 4.98 Å². The van der Waals surface area contributed by atoms with Gasteiger partial charge >= 0.3 is 0 Å². The summed E-state index contributed by atoms with van der Waals surface area (Å²) in [7, 11) is 0. The van der Waals surface area contributed by atoms with Crippen LogP contribution in [-0.2, 0) is 6.54 Å². The van der Waals surface area contributed by atoms with Gasteiger partial charge in [0.1, 0.15) is 11.6 Å². The van der Waals surface area contributed by atoms with Gasteiger partial charge in [0.15, 0.2) is 0 Å². The van der Waals surface area contributed by atoms with Crippen LogP contribution in [0.5, 0.6) is 5.75 Å². The highest BCUT2D eigenvalue weighted by molar-refractivity contribution is 5.69. The van der Waals surface area contributed by atoms with Crippen molar-refractivity contribution in [3.05, 3.63) is 90.8 Å². The van der Waals surface area contributed by atoms with E-state index in [2.05, 4.69) is 20.6 Å². The molecule has 0 spiro atoms. The molecule has 30 heavy (non-hydrogen) atoms. The smallest absolute Gasteiger partial charge is 0.225 e. The lowest BCUT2D eigenvalue weighted by Gasteiger charge is -2.14. The zero-order valence-corrected chi connectivity index (χ0v) is 16.7. The molecule has 2 aromatic carbocycles. The van der Waals surface area contributed by atoms with E-state index in [4.69, 9.17) is 9.72 Å². The number of para-hydroxylation sites is 2. The second-order valence-corrected chi connectivity index (χ2v) is 6.59. The molecule has 6 heteroatoms. The maximum absolute atomic E-state index is 5.73. The molecule has 0 radical (unpaired) electrons. The molecule has 6 nitrogen and oxygen atoms in total. The Balaban J connectivity index is 1.65. The average Bonchev–Trinajstić information content (AvgIpc) is 2.80. The highest BCUT2D eigenvalue weighted by Crippen LogP contribution is 2.29. The van der Waals surface area contributed by atoms with Crippen molar-refractivity contribution in [2.75, 3.05) is 17.2 Å². The van der Waals surface area contributed by atoms with Crippen LogP contribution in [0.15, 0.2) is 85.2 Å². The Kier molecular flexibility index (Phi) is 6.15. The fraction of sp³-hybridized carbons (Fsp3) is 0.125. The van der Waals surface area contributed by atoms with Gasteiger partial charge in [0.25, 0.3) is 0 Å². The topological polar surface area (TPSA) is 72.0 Å². The summed E-state index contributed by atoms with van der Waals surface area (Å²) in [6.45, 7) is 3.17. The minimum absolute atomic E-state index is 0.546. The van der Waals surface area contributed by atoms with Crippen molar-refractivity contribution in [1.29, 1.82) is 0 Å². The third kappa shape index (κ3) is 4.91. The summed E-state index contributed by atoms with van der Waals surface area (Å²) < 4.78 is 5.73. The third-order valence-corrected chi connectivity index (χ3v) is 4.45. The molecule has 0 saturated heterocycles. The lowest BCUT2D eigenvalue weighted by atomic mass is 10.1. The van der Waals surface area contributed by atoms with E-state index in [-0.39, 0.29) is 0 Å². The van der Waals surface area contributed by atoms with Gasteiger partial charge in [0, 0.05) is 30.6 Å². The molecule has 0 unspecified atom stereocenters. The van der Waals surface area contributed by atoms with Gasteiger partial charge in [0.2, 0.25) is 5.95 Å². The van der Waals surface area contributed by atoms with Gasteiger partial charge in [-0.25, -0.2) is 4.98 Å². The summed E-state index contributed by atoms with van der Waals surface area (Å²) in [4.78, 5) is 13.4. The molecule has 0 bridgehead atoms. The molecule has 0 amide bonds. The van der Waals surface area contributed by atoms with E-state index in [1.54, 1.807) is 12.4 Å². The number of nitrogens with zero attached hydrogens (tertiary/aromatic N) is 3. The quantitative estimate of drug-likeness (QED) is 0.421. The Morgan fingerprint density at radius 1 is 0.867 bits per heavy atom. The Hall–Kier alpha value is -3.93. The highest BCUT2D eigenvalue weighted by atomic mass is 16.5. The van der Waals surface area contributed by atoms with Crippen LogP contribution in [-0.4, -0.2) is 21.6 Å². The number of rotatable bonds is 8. The molecule has 0 aliphatic rings. The monoisotopic (exact) mass is 397 g/mol. The maximum Gasteiger partial charge on any atom is 0.225 e.